The number of hydrogen-bond donors (Lipinski definition) is 1. The van der Waals surface area contributed by atoms with Gasteiger partial charge in [0.15, 0.2) is 0 Å². The van der Waals surface area contributed by atoms with E-state index in [0.717, 1.165) is 36.9 Å². The number of rotatable bonds is 10. The van der Waals surface area contributed by atoms with E-state index in [1.807, 2.05) is 30.3 Å². The number of ether oxygens (including phenoxy) is 1. The summed E-state index contributed by atoms with van der Waals surface area (Å²) in [5, 5.41) is 8.42. The van der Waals surface area contributed by atoms with Crippen molar-refractivity contribution in [3.63, 3.8) is 0 Å². The smallest absolute Gasteiger partial charge is 0.377 e. The van der Waals surface area contributed by atoms with Crippen LogP contribution in [0.15, 0.2) is 58.4 Å². The third-order valence-corrected chi connectivity index (χ3v) is 4.35. The first-order chi connectivity index (χ1) is 12.1. The lowest BCUT2D eigenvalue weighted by molar-refractivity contribution is 0.0980. The Hall–Kier alpha value is -1.63. The summed E-state index contributed by atoms with van der Waals surface area (Å²) in [6.45, 7) is 0.975. The number of azo groups is 1. The fourth-order valence-corrected chi connectivity index (χ4v) is 2.50. The Kier molecular flexibility index (Phi) is 8.18. The maximum atomic E-state index is 11.1. The minimum atomic E-state index is -3.89. The zero-order valence-corrected chi connectivity index (χ0v) is 15.1. The van der Waals surface area contributed by atoms with Gasteiger partial charge in [0.2, 0.25) is 0 Å². The Balaban J connectivity index is 1.66. The molecule has 0 aliphatic heterocycles. The van der Waals surface area contributed by atoms with E-state index in [4.69, 9.17) is 14.2 Å². The Morgan fingerprint density at radius 3 is 2.64 bits per heavy atom. The molecule has 0 aromatic heterocycles. The lowest BCUT2D eigenvalue weighted by Gasteiger charge is -2.09. The maximum Gasteiger partial charge on any atom is 0.471 e. The highest BCUT2D eigenvalue weighted by atomic mass is 31.2. The van der Waals surface area contributed by atoms with Crippen LogP contribution in [-0.2, 0) is 25.0 Å². The first kappa shape index (κ1) is 19.7. The van der Waals surface area contributed by atoms with Crippen LogP contribution in [0, 0.1) is 0 Å². The van der Waals surface area contributed by atoms with Crippen LogP contribution in [0.3, 0.4) is 0 Å². The van der Waals surface area contributed by atoms with Crippen molar-refractivity contribution in [2.45, 2.75) is 25.9 Å². The standard InChI is InChI=1S/C17H23N2O5P/c1-22-25(20,21)24-13-5-12-23-14-15-8-10-17(11-9-15)19-18-16-6-3-2-4-7-16/h3,6-11H,2,4-5,12-14H2,1H3,(H,20,21). The van der Waals surface area contributed by atoms with Gasteiger partial charge in [0, 0.05) is 13.7 Å². The normalized spacial score (nSPS) is 16.8. The third-order valence-electron chi connectivity index (χ3n) is 3.38. The average molecular weight is 366 g/mol. The largest absolute Gasteiger partial charge is 0.471 e. The zero-order chi connectivity index (χ0) is 18.0. The van der Waals surface area contributed by atoms with Gasteiger partial charge < -0.3 is 9.63 Å². The van der Waals surface area contributed by atoms with E-state index < -0.39 is 7.82 Å². The summed E-state index contributed by atoms with van der Waals surface area (Å²) in [6, 6.07) is 7.64. The minimum Gasteiger partial charge on any atom is -0.377 e. The summed E-state index contributed by atoms with van der Waals surface area (Å²) in [7, 11) is -2.76. The first-order valence-electron chi connectivity index (χ1n) is 8.07. The predicted molar refractivity (Wildman–Crippen MR) is 94.5 cm³/mol. The van der Waals surface area contributed by atoms with Gasteiger partial charge in [-0.2, -0.15) is 10.2 Å². The zero-order valence-electron chi connectivity index (χ0n) is 14.2. The number of phosphoric acid groups is 1. The molecule has 1 N–H and O–H groups in total. The van der Waals surface area contributed by atoms with Crippen molar-refractivity contribution in [1.82, 2.24) is 0 Å². The topological polar surface area (TPSA) is 89.7 Å². The molecular formula is C17H23N2O5P. The fourth-order valence-electron chi connectivity index (χ4n) is 2.03. The SMILES string of the molecule is COP(=O)(O)OCCCOCc1ccc(N=NC2=CCCC=C2)cc1. The molecule has 0 saturated carbocycles. The summed E-state index contributed by atoms with van der Waals surface area (Å²) in [5.74, 6) is 0. The molecule has 1 unspecified atom stereocenters. The van der Waals surface area contributed by atoms with Crippen molar-refractivity contribution in [1.29, 1.82) is 0 Å². The van der Waals surface area contributed by atoms with Crippen LogP contribution >= 0.6 is 7.82 Å². The van der Waals surface area contributed by atoms with Gasteiger partial charge >= 0.3 is 7.82 Å². The molecule has 0 radical (unpaired) electrons. The van der Waals surface area contributed by atoms with Gasteiger partial charge in [-0.15, -0.1) is 0 Å². The molecule has 25 heavy (non-hydrogen) atoms. The highest BCUT2D eigenvalue weighted by Crippen LogP contribution is 2.41. The van der Waals surface area contributed by atoms with Crippen molar-refractivity contribution in [2.75, 3.05) is 20.3 Å². The van der Waals surface area contributed by atoms with E-state index in [2.05, 4.69) is 26.9 Å². The average Bonchev–Trinajstić information content (AvgIpc) is 2.64. The number of nitrogens with zero attached hydrogens (tertiary/aromatic N) is 2. The Morgan fingerprint density at radius 2 is 1.96 bits per heavy atom. The highest BCUT2D eigenvalue weighted by molar-refractivity contribution is 7.47. The lowest BCUT2D eigenvalue weighted by Crippen LogP contribution is -2.01. The molecule has 1 aliphatic carbocycles. The molecule has 136 valence electrons. The predicted octanol–water partition coefficient (Wildman–Crippen LogP) is 4.67. The lowest BCUT2D eigenvalue weighted by atomic mass is 10.2. The minimum absolute atomic E-state index is 0.102. The molecule has 0 bridgehead atoms. The summed E-state index contributed by atoms with van der Waals surface area (Å²) in [4.78, 5) is 9.06. The van der Waals surface area contributed by atoms with Crippen molar-refractivity contribution in [2.24, 2.45) is 10.2 Å². The van der Waals surface area contributed by atoms with Crippen LogP contribution in [0.25, 0.3) is 0 Å². The molecule has 0 amide bonds. The third kappa shape index (κ3) is 7.86. The van der Waals surface area contributed by atoms with Crippen LogP contribution in [0.2, 0.25) is 0 Å². The fraction of sp³-hybridized carbons (Fsp3) is 0.412. The molecule has 7 nitrogen and oxygen atoms in total. The van der Waals surface area contributed by atoms with Crippen LogP contribution < -0.4 is 0 Å². The molecule has 1 atom stereocenters. The maximum absolute atomic E-state index is 11.1. The van der Waals surface area contributed by atoms with E-state index in [0.29, 0.717) is 19.6 Å². The van der Waals surface area contributed by atoms with E-state index in [9.17, 15) is 4.57 Å². The Morgan fingerprint density at radius 1 is 1.16 bits per heavy atom. The number of phosphoric ester groups is 1. The van der Waals surface area contributed by atoms with Gasteiger partial charge in [-0.1, -0.05) is 24.3 Å². The molecule has 1 aromatic carbocycles. The molecule has 1 aliphatic rings. The highest BCUT2D eigenvalue weighted by Gasteiger charge is 2.17. The van der Waals surface area contributed by atoms with Gasteiger partial charge in [0.25, 0.3) is 0 Å². The second-order valence-corrected chi connectivity index (χ2v) is 6.93. The Bertz CT molecular complexity index is 670. The van der Waals surface area contributed by atoms with E-state index in [1.54, 1.807) is 0 Å². The van der Waals surface area contributed by atoms with Crippen LogP contribution in [0.1, 0.15) is 24.8 Å². The molecule has 0 fully saturated rings. The van der Waals surface area contributed by atoms with Crippen molar-refractivity contribution >= 4 is 13.5 Å². The van der Waals surface area contributed by atoms with Gasteiger partial charge in [-0.3, -0.25) is 9.05 Å². The monoisotopic (exact) mass is 366 g/mol. The van der Waals surface area contributed by atoms with E-state index in [1.165, 1.54) is 0 Å². The van der Waals surface area contributed by atoms with Crippen molar-refractivity contribution < 1.29 is 23.2 Å². The van der Waals surface area contributed by atoms with Crippen molar-refractivity contribution in [3.8, 4) is 0 Å². The second-order valence-electron chi connectivity index (χ2n) is 5.37. The van der Waals surface area contributed by atoms with Crippen LogP contribution in [-0.4, -0.2) is 25.2 Å². The van der Waals surface area contributed by atoms with Gasteiger partial charge in [0.1, 0.15) is 0 Å². The quantitative estimate of drug-likeness (QED) is 0.369. The van der Waals surface area contributed by atoms with Gasteiger partial charge in [-0.25, -0.2) is 4.57 Å². The van der Waals surface area contributed by atoms with Gasteiger partial charge in [-0.05, 0) is 43.0 Å². The van der Waals surface area contributed by atoms with E-state index in [-0.39, 0.29) is 6.61 Å². The summed E-state index contributed by atoms with van der Waals surface area (Å²) in [5.41, 5.74) is 2.69. The summed E-state index contributed by atoms with van der Waals surface area (Å²) >= 11 is 0. The molecule has 2 rings (SSSR count). The second kappa shape index (κ2) is 10.4. The van der Waals surface area contributed by atoms with Crippen molar-refractivity contribution in [3.05, 3.63) is 53.8 Å². The molecule has 0 spiro atoms. The molecule has 0 heterocycles. The molecule has 1 aromatic rings. The van der Waals surface area contributed by atoms with Crippen LogP contribution in [0.5, 0.6) is 0 Å². The Labute approximate surface area is 147 Å². The summed E-state index contributed by atoms with van der Waals surface area (Å²) in [6.07, 6.45) is 8.70. The molecule has 0 saturated heterocycles. The van der Waals surface area contributed by atoms with E-state index >= 15 is 0 Å². The number of allylic oxidation sites excluding steroid dienone is 3. The van der Waals surface area contributed by atoms with Crippen LogP contribution in [0.4, 0.5) is 5.69 Å². The van der Waals surface area contributed by atoms with Gasteiger partial charge in [0.05, 0.1) is 24.6 Å². The number of hydrogen-bond acceptors (Lipinski definition) is 6. The molecule has 8 heteroatoms. The number of benzene rings is 1. The molecular weight excluding hydrogens is 343 g/mol. The first-order valence-corrected chi connectivity index (χ1v) is 9.57. The summed E-state index contributed by atoms with van der Waals surface area (Å²) < 4.78 is 25.6.